The van der Waals surface area contributed by atoms with E-state index in [1.165, 1.54) is 12.3 Å². The molecule has 0 unspecified atom stereocenters. The van der Waals surface area contributed by atoms with Gasteiger partial charge in [0.15, 0.2) is 0 Å². The van der Waals surface area contributed by atoms with Crippen LogP contribution in [-0.4, -0.2) is 22.9 Å². The van der Waals surface area contributed by atoms with E-state index in [9.17, 15) is 8.42 Å². The number of hydrogen-bond donors (Lipinski definition) is 1. The van der Waals surface area contributed by atoms with Crippen molar-refractivity contribution >= 4 is 21.0 Å². The van der Waals surface area contributed by atoms with E-state index >= 15 is 0 Å². The summed E-state index contributed by atoms with van der Waals surface area (Å²) in [7, 11) is -4.19. The first-order chi connectivity index (χ1) is 12.6. The van der Waals surface area contributed by atoms with Crippen molar-refractivity contribution in [3.05, 3.63) is 91.3 Å². The van der Waals surface area contributed by atoms with Gasteiger partial charge in [-0.05, 0) is 23.9 Å². The van der Waals surface area contributed by atoms with Crippen molar-refractivity contribution in [3.63, 3.8) is 0 Å². The van der Waals surface area contributed by atoms with Crippen LogP contribution in [0, 0.1) is 6.07 Å². The molecule has 1 radical (unpaired) electrons. The summed E-state index contributed by atoms with van der Waals surface area (Å²) in [4.78, 5) is 7.97. The van der Waals surface area contributed by atoms with Crippen molar-refractivity contribution in [1.29, 1.82) is 0 Å². The molecule has 0 aliphatic rings. The van der Waals surface area contributed by atoms with Gasteiger partial charge in [0.05, 0.1) is 5.52 Å². The van der Waals surface area contributed by atoms with Crippen LogP contribution in [0.15, 0.2) is 90.1 Å². The van der Waals surface area contributed by atoms with Crippen LogP contribution >= 0.6 is 0 Å². The average molecular weight is 556 g/mol. The van der Waals surface area contributed by atoms with Crippen molar-refractivity contribution in [2.24, 2.45) is 0 Å². The molecule has 0 amide bonds. The summed E-state index contributed by atoms with van der Waals surface area (Å²) in [5.41, 5.74) is 2.30. The van der Waals surface area contributed by atoms with Gasteiger partial charge in [0.2, 0.25) is 0 Å². The summed E-state index contributed by atoms with van der Waals surface area (Å²) >= 11 is 0. The Hall–Kier alpha value is -2.44. The molecular weight excluding hydrogens is 541 g/mol. The van der Waals surface area contributed by atoms with Gasteiger partial charge in [0.1, 0.15) is 4.90 Å². The third kappa shape index (κ3) is 5.52. The van der Waals surface area contributed by atoms with Crippen LogP contribution < -0.4 is 0 Å². The number of pyridine rings is 2. The molecule has 0 fully saturated rings. The number of aromatic nitrogens is 2. The van der Waals surface area contributed by atoms with Crippen molar-refractivity contribution in [3.8, 4) is 11.3 Å². The van der Waals surface area contributed by atoms with E-state index in [2.05, 4.69) is 16.0 Å². The Morgan fingerprint density at radius 3 is 2.22 bits per heavy atom. The molecule has 27 heavy (non-hydrogen) atoms. The second-order valence-electron chi connectivity index (χ2n) is 5.30. The quantitative estimate of drug-likeness (QED) is 0.299. The number of hydrogen-bond acceptors (Lipinski definition) is 4. The monoisotopic (exact) mass is 556 g/mol. The van der Waals surface area contributed by atoms with Gasteiger partial charge in [0.25, 0.3) is 10.1 Å². The fourth-order valence-electron chi connectivity index (χ4n) is 2.36. The summed E-state index contributed by atoms with van der Waals surface area (Å²) in [6.07, 6.45) is 3.27. The zero-order chi connectivity index (χ0) is 18.4. The van der Waals surface area contributed by atoms with E-state index in [-0.39, 0.29) is 30.5 Å². The van der Waals surface area contributed by atoms with Crippen molar-refractivity contribution in [2.75, 3.05) is 0 Å². The number of rotatable bonds is 2. The smallest absolute Gasteiger partial charge is 0.296 e. The van der Waals surface area contributed by atoms with Gasteiger partial charge in [-0.25, -0.2) is 0 Å². The maximum atomic E-state index is 11.0. The van der Waals surface area contributed by atoms with Crippen molar-refractivity contribution < 1.29 is 33.1 Å². The van der Waals surface area contributed by atoms with Gasteiger partial charge in [0, 0.05) is 37.9 Å². The SMILES string of the molecule is O=S(=O)(O)c1cccc2cccnc12.[Ir].[c-]1ccccc1-c1ccccn1. The number of para-hydroxylation sites is 1. The molecule has 2 heterocycles. The van der Waals surface area contributed by atoms with Gasteiger partial charge in [-0.1, -0.05) is 30.3 Å². The van der Waals surface area contributed by atoms with E-state index in [4.69, 9.17) is 4.55 Å². The molecule has 4 rings (SSSR count). The second kappa shape index (κ2) is 9.48. The number of benzene rings is 2. The minimum absolute atomic E-state index is 0. The summed E-state index contributed by atoms with van der Waals surface area (Å²) < 4.78 is 30.8. The summed E-state index contributed by atoms with van der Waals surface area (Å²) in [5.74, 6) is 0. The van der Waals surface area contributed by atoms with Crippen LogP contribution in [0.4, 0.5) is 0 Å². The molecule has 2 aromatic heterocycles. The fourth-order valence-corrected chi connectivity index (χ4v) is 3.02. The standard InChI is InChI=1S/C11H8N.C9H7NO3S.Ir/c1-2-6-10(7-3-1)11-8-4-5-9-12-11;11-14(12,13)8-5-1-3-7-4-2-6-10-9(7)8;/h1-6,8-9H;1-6H,(H,11,12,13);/q-1;;. The van der Waals surface area contributed by atoms with Crippen molar-refractivity contribution in [1.82, 2.24) is 9.97 Å². The largest absolute Gasteiger partial charge is 0.305 e. The van der Waals surface area contributed by atoms with Crippen LogP contribution in [0.2, 0.25) is 0 Å². The Kier molecular flexibility index (Phi) is 7.33. The molecule has 0 aliphatic heterocycles. The molecule has 2 aromatic carbocycles. The zero-order valence-corrected chi connectivity index (χ0v) is 17.2. The molecule has 7 heteroatoms. The maximum absolute atomic E-state index is 11.0. The first kappa shape index (κ1) is 20.9. The predicted molar refractivity (Wildman–Crippen MR) is 100 cm³/mol. The molecule has 139 valence electrons. The van der Waals surface area contributed by atoms with E-state index < -0.39 is 10.1 Å². The Labute approximate surface area is 171 Å². The van der Waals surface area contributed by atoms with E-state index in [0.29, 0.717) is 5.39 Å². The van der Waals surface area contributed by atoms with Gasteiger partial charge in [-0.15, -0.1) is 35.9 Å². The molecule has 0 atom stereocenters. The van der Waals surface area contributed by atoms with E-state index in [1.807, 2.05) is 42.5 Å². The topological polar surface area (TPSA) is 80.2 Å². The van der Waals surface area contributed by atoms with Crippen LogP contribution in [-0.2, 0) is 30.2 Å². The minimum atomic E-state index is -4.19. The molecule has 0 saturated heterocycles. The molecule has 0 aliphatic carbocycles. The zero-order valence-electron chi connectivity index (χ0n) is 14.0. The van der Waals surface area contributed by atoms with Crippen LogP contribution in [0.25, 0.3) is 22.2 Å². The molecule has 1 N–H and O–H groups in total. The van der Waals surface area contributed by atoms with Crippen LogP contribution in [0.1, 0.15) is 0 Å². The Bertz CT molecular complexity index is 1060. The first-order valence-electron chi connectivity index (χ1n) is 7.75. The van der Waals surface area contributed by atoms with Gasteiger partial charge < -0.3 is 4.98 Å². The maximum Gasteiger partial charge on any atom is 0.296 e. The second-order valence-corrected chi connectivity index (χ2v) is 6.69. The Morgan fingerprint density at radius 2 is 1.56 bits per heavy atom. The van der Waals surface area contributed by atoms with E-state index in [1.54, 1.807) is 30.5 Å². The molecule has 5 nitrogen and oxygen atoms in total. The van der Waals surface area contributed by atoms with Crippen LogP contribution in [0.5, 0.6) is 0 Å². The Morgan fingerprint density at radius 1 is 0.815 bits per heavy atom. The summed E-state index contributed by atoms with van der Waals surface area (Å²) in [5, 5.41) is 0.683. The van der Waals surface area contributed by atoms with E-state index in [0.717, 1.165) is 11.3 Å². The van der Waals surface area contributed by atoms with Gasteiger partial charge in [-0.2, -0.15) is 8.42 Å². The van der Waals surface area contributed by atoms with Gasteiger partial charge >= 0.3 is 0 Å². The van der Waals surface area contributed by atoms with Crippen LogP contribution in [0.3, 0.4) is 0 Å². The van der Waals surface area contributed by atoms with Crippen molar-refractivity contribution in [2.45, 2.75) is 4.90 Å². The molecule has 0 saturated carbocycles. The molecule has 0 bridgehead atoms. The third-order valence-electron chi connectivity index (χ3n) is 3.52. The predicted octanol–water partition coefficient (Wildman–Crippen LogP) is 4.03. The van der Waals surface area contributed by atoms with Gasteiger partial charge in [-0.3, -0.25) is 9.54 Å². The Balaban J connectivity index is 0.000000189. The minimum Gasteiger partial charge on any atom is -0.305 e. The number of fused-ring (bicyclic) bond motifs is 1. The summed E-state index contributed by atoms with van der Waals surface area (Å²) in [6.45, 7) is 0. The molecular formula is C20H15IrN2O3S-. The number of nitrogens with zero attached hydrogens (tertiary/aromatic N) is 2. The first-order valence-corrected chi connectivity index (χ1v) is 9.19. The summed E-state index contributed by atoms with van der Waals surface area (Å²) in [6, 6.07) is 24.9. The molecule has 0 spiro atoms. The normalized spacial score (nSPS) is 10.4. The molecule has 4 aromatic rings. The fraction of sp³-hybridized carbons (Fsp3) is 0. The third-order valence-corrected chi connectivity index (χ3v) is 4.41. The average Bonchev–Trinajstić information content (AvgIpc) is 2.69.